The topological polar surface area (TPSA) is 12.0 Å². The van der Waals surface area contributed by atoms with E-state index in [1.807, 2.05) is 11.8 Å². The van der Waals surface area contributed by atoms with Crippen molar-refractivity contribution in [3.63, 3.8) is 0 Å². The molecular formula is C14H23NS. The zero-order valence-electron chi connectivity index (χ0n) is 10.6. The van der Waals surface area contributed by atoms with Crippen LogP contribution in [0.15, 0.2) is 29.2 Å². The van der Waals surface area contributed by atoms with Crippen LogP contribution in [-0.4, -0.2) is 12.3 Å². The Morgan fingerprint density at radius 2 is 2.12 bits per heavy atom. The Labute approximate surface area is 104 Å². The summed E-state index contributed by atoms with van der Waals surface area (Å²) in [4.78, 5) is 1.39. The van der Waals surface area contributed by atoms with Gasteiger partial charge in [-0.2, -0.15) is 0 Å². The Bertz CT molecular complexity index is 297. The van der Waals surface area contributed by atoms with E-state index in [-0.39, 0.29) is 0 Å². The van der Waals surface area contributed by atoms with Gasteiger partial charge in [0.05, 0.1) is 0 Å². The molecule has 0 bridgehead atoms. The molecule has 0 aliphatic heterocycles. The summed E-state index contributed by atoms with van der Waals surface area (Å²) in [5.41, 5.74) is 1.39. The molecule has 0 aromatic heterocycles. The Morgan fingerprint density at radius 1 is 1.31 bits per heavy atom. The van der Waals surface area contributed by atoms with Gasteiger partial charge in [-0.05, 0) is 36.6 Å². The van der Waals surface area contributed by atoms with Crippen LogP contribution in [0.25, 0.3) is 0 Å². The van der Waals surface area contributed by atoms with E-state index < -0.39 is 0 Å². The van der Waals surface area contributed by atoms with Crippen molar-refractivity contribution in [1.29, 1.82) is 0 Å². The molecule has 1 nitrogen and oxygen atoms in total. The molecule has 16 heavy (non-hydrogen) atoms. The first kappa shape index (κ1) is 13.6. The second-order valence-corrected chi connectivity index (χ2v) is 5.62. The van der Waals surface area contributed by atoms with Crippen LogP contribution in [0.3, 0.4) is 0 Å². The summed E-state index contributed by atoms with van der Waals surface area (Å²) in [6.07, 6.45) is 1.20. The smallest absolute Gasteiger partial charge is 0.0205 e. The van der Waals surface area contributed by atoms with Gasteiger partial charge in [-0.1, -0.05) is 32.9 Å². The van der Waals surface area contributed by atoms with Crippen LogP contribution in [0.1, 0.15) is 32.8 Å². The molecular weight excluding hydrogens is 214 g/mol. The molecule has 1 aromatic carbocycles. The maximum Gasteiger partial charge on any atom is 0.0205 e. The Kier molecular flexibility index (Phi) is 6.58. The van der Waals surface area contributed by atoms with Crippen LogP contribution in [0.2, 0.25) is 0 Å². The number of nitrogens with one attached hydrogen (secondary N) is 1. The number of benzene rings is 1. The quantitative estimate of drug-likeness (QED) is 0.569. The zero-order chi connectivity index (χ0) is 11.8. The van der Waals surface area contributed by atoms with E-state index in [0.717, 1.165) is 19.0 Å². The molecule has 2 heteroatoms. The van der Waals surface area contributed by atoms with Crippen molar-refractivity contribution in [1.82, 2.24) is 5.32 Å². The molecule has 0 aliphatic rings. The highest BCUT2D eigenvalue weighted by atomic mass is 32.2. The fraction of sp³-hybridized carbons (Fsp3) is 0.571. The van der Waals surface area contributed by atoms with Gasteiger partial charge >= 0.3 is 0 Å². The van der Waals surface area contributed by atoms with Gasteiger partial charge in [0.1, 0.15) is 0 Å². The van der Waals surface area contributed by atoms with Gasteiger partial charge in [-0.25, -0.2) is 0 Å². The maximum atomic E-state index is 3.43. The van der Waals surface area contributed by atoms with Crippen LogP contribution in [0.4, 0.5) is 0 Å². The van der Waals surface area contributed by atoms with Gasteiger partial charge in [0, 0.05) is 17.2 Å². The normalized spacial score (nSPS) is 11.0. The minimum Gasteiger partial charge on any atom is -0.313 e. The van der Waals surface area contributed by atoms with E-state index in [0.29, 0.717) is 0 Å². The molecule has 1 aromatic rings. The first-order valence-corrected chi connectivity index (χ1v) is 7.13. The van der Waals surface area contributed by atoms with Crippen molar-refractivity contribution in [2.75, 3.05) is 12.3 Å². The van der Waals surface area contributed by atoms with Crippen molar-refractivity contribution < 1.29 is 0 Å². The number of hydrogen-bond acceptors (Lipinski definition) is 2. The highest BCUT2D eigenvalue weighted by Crippen LogP contribution is 2.21. The van der Waals surface area contributed by atoms with Gasteiger partial charge in [0.2, 0.25) is 0 Å². The second-order valence-electron chi connectivity index (χ2n) is 4.53. The highest BCUT2D eigenvalue weighted by molar-refractivity contribution is 7.99. The summed E-state index contributed by atoms with van der Waals surface area (Å²) >= 11 is 1.95. The summed E-state index contributed by atoms with van der Waals surface area (Å²) in [5.74, 6) is 1.96. The number of thioether (sulfide) groups is 1. The average Bonchev–Trinajstić information content (AvgIpc) is 2.27. The van der Waals surface area contributed by atoms with E-state index in [1.54, 1.807) is 0 Å². The summed E-state index contributed by atoms with van der Waals surface area (Å²) in [6.45, 7) is 8.81. The molecule has 0 spiro atoms. The first-order valence-electron chi connectivity index (χ1n) is 6.14. The molecule has 0 fully saturated rings. The predicted octanol–water partition coefficient (Wildman–Crippen LogP) is 3.93. The summed E-state index contributed by atoms with van der Waals surface area (Å²) in [6, 6.07) is 8.86. The minimum atomic E-state index is 0.756. The van der Waals surface area contributed by atoms with Crippen molar-refractivity contribution in [2.45, 2.75) is 38.6 Å². The Morgan fingerprint density at radius 3 is 2.81 bits per heavy atom. The number of hydrogen-bond donors (Lipinski definition) is 1. The van der Waals surface area contributed by atoms with Crippen molar-refractivity contribution in [3.05, 3.63) is 29.8 Å². The summed E-state index contributed by atoms with van der Waals surface area (Å²) < 4.78 is 0. The fourth-order valence-corrected chi connectivity index (χ4v) is 2.35. The van der Waals surface area contributed by atoms with E-state index >= 15 is 0 Å². The molecule has 0 saturated heterocycles. The zero-order valence-corrected chi connectivity index (χ0v) is 11.4. The van der Waals surface area contributed by atoms with E-state index in [2.05, 4.69) is 50.4 Å². The lowest BCUT2D eigenvalue weighted by atomic mass is 10.2. The minimum absolute atomic E-state index is 0.756. The fourth-order valence-electron chi connectivity index (χ4n) is 1.42. The van der Waals surface area contributed by atoms with Crippen LogP contribution in [0.5, 0.6) is 0 Å². The molecule has 1 rings (SSSR count). The van der Waals surface area contributed by atoms with Crippen LogP contribution >= 0.6 is 11.8 Å². The van der Waals surface area contributed by atoms with Gasteiger partial charge in [0.25, 0.3) is 0 Å². The third kappa shape index (κ3) is 5.57. The van der Waals surface area contributed by atoms with Crippen LogP contribution in [-0.2, 0) is 6.54 Å². The molecule has 1 N–H and O–H groups in total. The average molecular weight is 237 g/mol. The molecule has 0 heterocycles. The third-order valence-corrected chi connectivity index (χ3v) is 3.66. The van der Waals surface area contributed by atoms with Gasteiger partial charge < -0.3 is 5.32 Å². The molecule has 0 amide bonds. The largest absolute Gasteiger partial charge is 0.313 e. The summed E-state index contributed by atoms with van der Waals surface area (Å²) in [7, 11) is 0. The molecule has 0 unspecified atom stereocenters. The first-order chi connectivity index (χ1) is 7.72. The maximum absolute atomic E-state index is 3.43. The van der Waals surface area contributed by atoms with E-state index in [1.165, 1.54) is 22.6 Å². The molecule has 0 radical (unpaired) electrons. The lowest BCUT2D eigenvalue weighted by Gasteiger charge is -2.07. The van der Waals surface area contributed by atoms with Gasteiger partial charge in [0.15, 0.2) is 0 Å². The number of rotatable bonds is 7. The van der Waals surface area contributed by atoms with Crippen LogP contribution < -0.4 is 5.32 Å². The van der Waals surface area contributed by atoms with Crippen molar-refractivity contribution in [2.24, 2.45) is 5.92 Å². The molecule has 0 aliphatic carbocycles. The highest BCUT2D eigenvalue weighted by Gasteiger charge is 1.99. The Hall–Kier alpha value is -0.470. The standard InChI is InChI=1S/C14H23NS/c1-4-8-15-10-13-6-5-7-14(9-13)16-11-12(2)3/h5-7,9,12,15H,4,8,10-11H2,1-3H3. The van der Waals surface area contributed by atoms with Crippen molar-refractivity contribution in [3.8, 4) is 0 Å². The molecule has 0 atom stereocenters. The van der Waals surface area contributed by atoms with E-state index in [9.17, 15) is 0 Å². The summed E-state index contributed by atoms with van der Waals surface area (Å²) in [5, 5.41) is 3.43. The monoisotopic (exact) mass is 237 g/mol. The molecule has 90 valence electrons. The predicted molar refractivity (Wildman–Crippen MR) is 74.0 cm³/mol. The second kappa shape index (κ2) is 7.75. The lowest BCUT2D eigenvalue weighted by molar-refractivity contribution is 0.674. The third-order valence-electron chi connectivity index (χ3n) is 2.24. The SMILES string of the molecule is CCCNCc1cccc(SCC(C)C)c1. The Balaban J connectivity index is 2.43. The molecule has 0 saturated carbocycles. The van der Waals surface area contributed by atoms with Crippen LogP contribution in [0, 0.1) is 5.92 Å². The van der Waals surface area contributed by atoms with Gasteiger partial charge in [-0.15, -0.1) is 11.8 Å². The van der Waals surface area contributed by atoms with Crippen molar-refractivity contribution >= 4 is 11.8 Å². The lowest BCUT2D eigenvalue weighted by Crippen LogP contribution is -2.13. The van der Waals surface area contributed by atoms with E-state index in [4.69, 9.17) is 0 Å². The van der Waals surface area contributed by atoms with Gasteiger partial charge in [-0.3, -0.25) is 0 Å².